The largest absolute Gasteiger partial charge is 0.493 e. The SMILES string of the molecule is CCOc1ccccc1C(=O)Nc1ccc2c(C)cc(=O)oc2c1. The Hall–Kier alpha value is -3.08. The van der Waals surface area contributed by atoms with E-state index in [1.807, 2.05) is 26.0 Å². The molecule has 1 heterocycles. The molecule has 0 radical (unpaired) electrons. The Labute approximate surface area is 138 Å². The molecule has 0 spiro atoms. The zero-order valence-corrected chi connectivity index (χ0v) is 13.5. The third kappa shape index (κ3) is 3.15. The summed E-state index contributed by atoms with van der Waals surface area (Å²) in [6.07, 6.45) is 0. The van der Waals surface area contributed by atoms with Gasteiger partial charge in [-0.1, -0.05) is 12.1 Å². The molecule has 0 saturated carbocycles. The second-order valence-electron chi connectivity index (χ2n) is 5.34. The van der Waals surface area contributed by atoms with Crippen molar-refractivity contribution < 1.29 is 13.9 Å². The molecule has 24 heavy (non-hydrogen) atoms. The number of ether oxygens (including phenoxy) is 1. The van der Waals surface area contributed by atoms with Crippen LogP contribution >= 0.6 is 0 Å². The second-order valence-corrected chi connectivity index (χ2v) is 5.34. The smallest absolute Gasteiger partial charge is 0.336 e. The van der Waals surface area contributed by atoms with Crippen LogP contribution in [0.25, 0.3) is 11.0 Å². The summed E-state index contributed by atoms with van der Waals surface area (Å²) in [7, 11) is 0. The van der Waals surface area contributed by atoms with Crippen LogP contribution in [-0.2, 0) is 0 Å². The standard InChI is InChI=1S/C19H17NO4/c1-3-23-16-7-5-4-6-15(16)19(22)20-13-8-9-14-12(2)10-18(21)24-17(14)11-13/h4-11H,3H2,1-2H3,(H,20,22). The first kappa shape index (κ1) is 15.8. The summed E-state index contributed by atoms with van der Waals surface area (Å²) in [5.41, 5.74) is 1.86. The van der Waals surface area contributed by atoms with Gasteiger partial charge in [0.25, 0.3) is 5.91 Å². The number of hydrogen-bond donors (Lipinski definition) is 1. The molecule has 0 aliphatic carbocycles. The molecule has 5 nitrogen and oxygen atoms in total. The van der Waals surface area contributed by atoms with Crippen LogP contribution in [0.5, 0.6) is 5.75 Å². The summed E-state index contributed by atoms with van der Waals surface area (Å²) >= 11 is 0. The highest BCUT2D eigenvalue weighted by atomic mass is 16.5. The maximum absolute atomic E-state index is 12.5. The fourth-order valence-corrected chi connectivity index (χ4v) is 2.54. The molecule has 0 bridgehead atoms. The molecule has 122 valence electrons. The van der Waals surface area contributed by atoms with Crippen molar-refractivity contribution in [3.8, 4) is 5.75 Å². The molecule has 1 N–H and O–H groups in total. The molecule has 3 rings (SSSR count). The van der Waals surface area contributed by atoms with Crippen LogP contribution in [0, 0.1) is 6.92 Å². The van der Waals surface area contributed by atoms with E-state index in [-0.39, 0.29) is 5.91 Å². The van der Waals surface area contributed by atoms with Gasteiger partial charge in [-0.25, -0.2) is 4.79 Å². The molecule has 1 aromatic heterocycles. The predicted octanol–water partition coefficient (Wildman–Crippen LogP) is 3.75. The van der Waals surface area contributed by atoms with E-state index in [0.29, 0.717) is 29.2 Å². The van der Waals surface area contributed by atoms with Gasteiger partial charge in [-0.05, 0) is 43.7 Å². The molecular weight excluding hydrogens is 306 g/mol. The molecule has 0 fully saturated rings. The summed E-state index contributed by atoms with van der Waals surface area (Å²) in [6, 6.07) is 13.7. The van der Waals surface area contributed by atoms with Crippen LogP contribution in [0.3, 0.4) is 0 Å². The van der Waals surface area contributed by atoms with Crippen molar-refractivity contribution in [3.63, 3.8) is 0 Å². The number of nitrogens with one attached hydrogen (secondary N) is 1. The monoisotopic (exact) mass is 323 g/mol. The number of aryl methyl sites for hydroxylation is 1. The predicted molar refractivity (Wildman–Crippen MR) is 92.8 cm³/mol. The molecule has 3 aromatic rings. The fraction of sp³-hybridized carbons (Fsp3) is 0.158. The minimum absolute atomic E-state index is 0.284. The van der Waals surface area contributed by atoms with Crippen molar-refractivity contribution in [2.45, 2.75) is 13.8 Å². The topological polar surface area (TPSA) is 68.5 Å². The van der Waals surface area contributed by atoms with Crippen LogP contribution in [0.2, 0.25) is 0 Å². The maximum Gasteiger partial charge on any atom is 0.336 e. The number of carbonyl (C=O) groups is 1. The van der Waals surface area contributed by atoms with Crippen molar-refractivity contribution in [1.29, 1.82) is 0 Å². The summed E-state index contributed by atoms with van der Waals surface area (Å²) in [6.45, 7) is 4.18. The Balaban J connectivity index is 1.92. The van der Waals surface area contributed by atoms with Crippen molar-refractivity contribution in [2.75, 3.05) is 11.9 Å². The third-order valence-electron chi connectivity index (χ3n) is 3.64. The zero-order valence-electron chi connectivity index (χ0n) is 13.5. The number of rotatable bonds is 4. The third-order valence-corrected chi connectivity index (χ3v) is 3.64. The Kier molecular flexibility index (Phi) is 4.33. The van der Waals surface area contributed by atoms with E-state index in [2.05, 4.69) is 5.32 Å². The Morgan fingerprint density at radius 3 is 2.75 bits per heavy atom. The first-order valence-corrected chi connectivity index (χ1v) is 7.66. The zero-order chi connectivity index (χ0) is 17.1. The summed E-state index contributed by atoms with van der Waals surface area (Å²) < 4.78 is 10.7. The first-order valence-electron chi connectivity index (χ1n) is 7.66. The van der Waals surface area contributed by atoms with E-state index in [1.165, 1.54) is 6.07 Å². The normalized spacial score (nSPS) is 10.6. The summed E-state index contributed by atoms with van der Waals surface area (Å²) in [5.74, 6) is 0.245. The lowest BCUT2D eigenvalue weighted by Crippen LogP contribution is -2.13. The highest BCUT2D eigenvalue weighted by molar-refractivity contribution is 6.06. The number of carbonyl (C=O) groups excluding carboxylic acids is 1. The minimum atomic E-state index is -0.412. The molecule has 2 aromatic carbocycles. The van der Waals surface area contributed by atoms with Gasteiger partial charge in [0.05, 0.1) is 12.2 Å². The lowest BCUT2D eigenvalue weighted by atomic mass is 10.1. The molecular formula is C19H17NO4. The van der Waals surface area contributed by atoms with E-state index in [4.69, 9.17) is 9.15 Å². The van der Waals surface area contributed by atoms with Gasteiger partial charge in [0.2, 0.25) is 0 Å². The van der Waals surface area contributed by atoms with Gasteiger partial charge in [0.15, 0.2) is 0 Å². The van der Waals surface area contributed by atoms with Gasteiger partial charge in [-0.15, -0.1) is 0 Å². The van der Waals surface area contributed by atoms with Crippen LogP contribution in [0.15, 0.2) is 57.7 Å². The van der Waals surface area contributed by atoms with Crippen molar-refractivity contribution >= 4 is 22.6 Å². The number of para-hydroxylation sites is 1. The van der Waals surface area contributed by atoms with Gasteiger partial charge >= 0.3 is 5.63 Å². The van der Waals surface area contributed by atoms with Crippen LogP contribution in [0.1, 0.15) is 22.8 Å². The lowest BCUT2D eigenvalue weighted by Gasteiger charge is -2.11. The number of amides is 1. The van der Waals surface area contributed by atoms with E-state index in [9.17, 15) is 9.59 Å². The van der Waals surface area contributed by atoms with Crippen LogP contribution < -0.4 is 15.7 Å². The summed E-state index contributed by atoms with van der Waals surface area (Å²) in [4.78, 5) is 24.0. The Morgan fingerprint density at radius 1 is 1.17 bits per heavy atom. The molecule has 5 heteroatoms. The number of benzene rings is 2. The second kappa shape index (κ2) is 6.58. The van der Waals surface area contributed by atoms with Crippen LogP contribution in [0.4, 0.5) is 5.69 Å². The van der Waals surface area contributed by atoms with Crippen molar-refractivity contribution in [1.82, 2.24) is 0 Å². The first-order chi connectivity index (χ1) is 11.6. The minimum Gasteiger partial charge on any atom is -0.493 e. The molecule has 1 amide bonds. The average Bonchev–Trinajstić information content (AvgIpc) is 2.55. The number of fused-ring (bicyclic) bond motifs is 1. The average molecular weight is 323 g/mol. The van der Waals surface area contributed by atoms with Gasteiger partial charge in [-0.2, -0.15) is 0 Å². The highest BCUT2D eigenvalue weighted by Crippen LogP contribution is 2.23. The highest BCUT2D eigenvalue weighted by Gasteiger charge is 2.13. The quantitative estimate of drug-likeness (QED) is 0.742. The van der Waals surface area contributed by atoms with E-state index < -0.39 is 5.63 Å². The molecule has 0 aliphatic heterocycles. The molecule has 0 unspecified atom stereocenters. The van der Waals surface area contributed by atoms with E-state index in [0.717, 1.165) is 10.9 Å². The number of anilines is 1. The number of hydrogen-bond acceptors (Lipinski definition) is 4. The lowest BCUT2D eigenvalue weighted by molar-refractivity contribution is 0.102. The Bertz CT molecular complexity index is 959. The van der Waals surface area contributed by atoms with E-state index in [1.54, 1.807) is 30.3 Å². The molecule has 0 atom stereocenters. The molecule has 0 saturated heterocycles. The van der Waals surface area contributed by atoms with Crippen LogP contribution in [-0.4, -0.2) is 12.5 Å². The van der Waals surface area contributed by atoms with Gasteiger partial charge in [-0.3, -0.25) is 4.79 Å². The summed E-state index contributed by atoms with van der Waals surface area (Å²) in [5, 5.41) is 3.64. The maximum atomic E-state index is 12.5. The van der Waals surface area contributed by atoms with E-state index >= 15 is 0 Å². The fourth-order valence-electron chi connectivity index (χ4n) is 2.54. The van der Waals surface area contributed by atoms with Crippen molar-refractivity contribution in [3.05, 3.63) is 70.1 Å². The molecule has 0 aliphatic rings. The van der Waals surface area contributed by atoms with Crippen molar-refractivity contribution in [2.24, 2.45) is 0 Å². The Morgan fingerprint density at radius 2 is 1.96 bits per heavy atom. The van der Waals surface area contributed by atoms with Gasteiger partial charge in [0, 0.05) is 23.2 Å². The van der Waals surface area contributed by atoms with Gasteiger partial charge < -0.3 is 14.5 Å². The van der Waals surface area contributed by atoms with Gasteiger partial charge in [0.1, 0.15) is 11.3 Å².